The fraction of sp³-hybridized carbons (Fsp3) is 0.280. The molecule has 0 spiro atoms. The molecule has 4 aromatic rings. The van der Waals surface area contributed by atoms with E-state index in [-0.39, 0.29) is 12.0 Å². The Hall–Kier alpha value is -2.87. The standard InChI is InChI=1S/C25H27ClN4O2S/c1-16(11-27-25(31)24-17(2)22-10-19(26)7-8-23(22)29-24)32-21-6-4-5-18(9-21)12-30(3)13-20-14-33-15-28-20/h4-10,14-16,29H,11-13H2,1-3H3,(H,27,31). The van der Waals surface area contributed by atoms with Crippen molar-refractivity contribution in [2.24, 2.45) is 0 Å². The second-order valence-electron chi connectivity index (χ2n) is 8.25. The number of amides is 1. The van der Waals surface area contributed by atoms with Gasteiger partial charge in [-0.2, -0.15) is 0 Å². The van der Waals surface area contributed by atoms with Gasteiger partial charge in [0.05, 0.1) is 17.7 Å². The van der Waals surface area contributed by atoms with E-state index in [2.05, 4.69) is 38.7 Å². The van der Waals surface area contributed by atoms with Crippen LogP contribution in [0.25, 0.3) is 10.9 Å². The van der Waals surface area contributed by atoms with E-state index >= 15 is 0 Å². The molecule has 0 saturated heterocycles. The second kappa shape index (κ2) is 10.4. The van der Waals surface area contributed by atoms with Gasteiger partial charge in [-0.3, -0.25) is 9.69 Å². The molecule has 0 radical (unpaired) electrons. The van der Waals surface area contributed by atoms with Gasteiger partial charge in [-0.1, -0.05) is 23.7 Å². The highest BCUT2D eigenvalue weighted by molar-refractivity contribution is 7.07. The number of rotatable bonds is 9. The Kier molecular flexibility index (Phi) is 7.33. The van der Waals surface area contributed by atoms with Crippen LogP contribution >= 0.6 is 22.9 Å². The van der Waals surface area contributed by atoms with Gasteiger partial charge in [0.15, 0.2) is 0 Å². The van der Waals surface area contributed by atoms with Crippen LogP contribution in [-0.4, -0.2) is 40.5 Å². The summed E-state index contributed by atoms with van der Waals surface area (Å²) in [7, 11) is 2.07. The highest BCUT2D eigenvalue weighted by atomic mass is 35.5. The molecule has 1 amide bonds. The molecule has 8 heteroatoms. The first kappa shape index (κ1) is 23.3. The summed E-state index contributed by atoms with van der Waals surface area (Å²) in [5, 5.41) is 6.63. The van der Waals surface area contributed by atoms with E-state index in [4.69, 9.17) is 16.3 Å². The quantitative estimate of drug-likeness (QED) is 0.334. The number of nitrogens with zero attached hydrogens (tertiary/aromatic N) is 2. The predicted molar refractivity (Wildman–Crippen MR) is 134 cm³/mol. The van der Waals surface area contributed by atoms with Crippen molar-refractivity contribution >= 4 is 39.7 Å². The molecule has 1 atom stereocenters. The Morgan fingerprint density at radius 1 is 1.27 bits per heavy atom. The van der Waals surface area contributed by atoms with Crippen LogP contribution in [0.1, 0.15) is 34.2 Å². The fourth-order valence-corrected chi connectivity index (χ4v) is 4.52. The molecule has 33 heavy (non-hydrogen) atoms. The van der Waals surface area contributed by atoms with Crippen LogP contribution in [-0.2, 0) is 13.1 Å². The largest absolute Gasteiger partial charge is 0.489 e. The minimum absolute atomic E-state index is 0.160. The van der Waals surface area contributed by atoms with Gasteiger partial charge >= 0.3 is 0 Å². The molecule has 1 unspecified atom stereocenters. The number of benzene rings is 2. The van der Waals surface area contributed by atoms with E-state index in [1.165, 1.54) is 0 Å². The number of aryl methyl sites for hydroxylation is 1. The van der Waals surface area contributed by atoms with Crippen molar-refractivity contribution in [3.63, 3.8) is 0 Å². The van der Waals surface area contributed by atoms with Crippen LogP contribution in [0.5, 0.6) is 5.75 Å². The SMILES string of the molecule is Cc1c(C(=O)NCC(C)Oc2cccc(CN(C)Cc3cscn3)c2)[nH]c2ccc(Cl)cc12. The van der Waals surface area contributed by atoms with Crippen molar-refractivity contribution in [3.8, 4) is 5.75 Å². The molecule has 0 aliphatic carbocycles. The number of nitrogens with one attached hydrogen (secondary N) is 2. The number of ether oxygens (including phenoxy) is 1. The zero-order valence-electron chi connectivity index (χ0n) is 18.9. The van der Waals surface area contributed by atoms with E-state index in [0.29, 0.717) is 17.3 Å². The summed E-state index contributed by atoms with van der Waals surface area (Å²) in [4.78, 5) is 22.5. The smallest absolute Gasteiger partial charge is 0.268 e. The topological polar surface area (TPSA) is 70.2 Å². The van der Waals surface area contributed by atoms with Crippen molar-refractivity contribution in [2.75, 3.05) is 13.6 Å². The maximum absolute atomic E-state index is 12.7. The maximum Gasteiger partial charge on any atom is 0.268 e. The monoisotopic (exact) mass is 482 g/mol. The third kappa shape index (κ3) is 5.93. The van der Waals surface area contributed by atoms with Crippen molar-refractivity contribution in [3.05, 3.63) is 80.9 Å². The number of aromatic nitrogens is 2. The highest BCUT2D eigenvalue weighted by Gasteiger charge is 2.16. The first-order chi connectivity index (χ1) is 15.9. The van der Waals surface area contributed by atoms with Gasteiger partial charge in [-0.15, -0.1) is 11.3 Å². The van der Waals surface area contributed by atoms with Crippen molar-refractivity contribution in [1.82, 2.24) is 20.2 Å². The summed E-state index contributed by atoms with van der Waals surface area (Å²) < 4.78 is 6.06. The Balaban J connectivity index is 1.31. The highest BCUT2D eigenvalue weighted by Crippen LogP contribution is 2.25. The van der Waals surface area contributed by atoms with Crippen LogP contribution in [0.2, 0.25) is 5.02 Å². The van der Waals surface area contributed by atoms with E-state index in [0.717, 1.165) is 46.6 Å². The Morgan fingerprint density at radius 2 is 2.12 bits per heavy atom. The number of halogens is 1. The van der Waals surface area contributed by atoms with Crippen molar-refractivity contribution in [1.29, 1.82) is 0 Å². The van der Waals surface area contributed by atoms with Crippen LogP contribution < -0.4 is 10.1 Å². The number of aromatic amines is 1. The number of thiazole rings is 1. The minimum Gasteiger partial charge on any atom is -0.489 e. The van der Waals surface area contributed by atoms with Crippen molar-refractivity contribution in [2.45, 2.75) is 33.0 Å². The fourth-order valence-electron chi connectivity index (χ4n) is 3.80. The number of hydrogen-bond donors (Lipinski definition) is 2. The van der Waals surface area contributed by atoms with Gasteiger partial charge in [0, 0.05) is 34.4 Å². The average Bonchev–Trinajstić information content (AvgIpc) is 3.40. The molecular formula is C25H27ClN4O2S. The van der Waals surface area contributed by atoms with Crippen LogP contribution in [0.4, 0.5) is 0 Å². The van der Waals surface area contributed by atoms with E-state index < -0.39 is 0 Å². The second-order valence-corrected chi connectivity index (χ2v) is 9.41. The van der Waals surface area contributed by atoms with Gasteiger partial charge in [-0.05, 0) is 62.4 Å². The summed E-state index contributed by atoms with van der Waals surface area (Å²) in [6.07, 6.45) is -0.184. The molecule has 0 bridgehead atoms. The third-order valence-electron chi connectivity index (χ3n) is 5.40. The van der Waals surface area contributed by atoms with E-state index in [1.807, 2.05) is 55.8 Å². The first-order valence-electron chi connectivity index (χ1n) is 10.8. The molecule has 4 rings (SSSR count). The lowest BCUT2D eigenvalue weighted by Gasteiger charge is -2.18. The summed E-state index contributed by atoms with van der Waals surface area (Å²) in [6.45, 7) is 5.85. The lowest BCUT2D eigenvalue weighted by Crippen LogP contribution is -2.34. The van der Waals surface area contributed by atoms with Crippen molar-refractivity contribution < 1.29 is 9.53 Å². The van der Waals surface area contributed by atoms with Gasteiger partial charge in [-0.25, -0.2) is 4.98 Å². The number of fused-ring (bicyclic) bond motifs is 1. The molecule has 2 N–H and O–H groups in total. The van der Waals surface area contributed by atoms with Crippen LogP contribution in [0.15, 0.2) is 53.4 Å². The Morgan fingerprint density at radius 3 is 2.91 bits per heavy atom. The Bertz CT molecular complexity index is 1240. The molecule has 0 aliphatic rings. The predicted octanol–water partition coefficient (Wildman–Crippen LogP) is 5.42. The summed E-state index contributed by atoms with van der Waals surface area (Å²) >= 11 is 7.70. The first-order valence-corrected chi connectivity index (χ1v) is 12.1. The molecule has 172 valence electrons. The lowest BCUT2D eigenvalue weighted by molar-refractivity contribution is 0.0927. The zero-order valence-corrected chi connectivity index (χ0v) is 20.5. The normalized spacial score (nSPS) is 12.3. The number of H-pyrrole nitrogens is 1. The van der Waals surface area contributed by atoms with Crippen LogP contribution in [0.3, 0.4) is 0 Å². The van der Waals surface area contributed by atoms with E-state index in [9.17, 15) is 4.79 Å². The maximum atomic E-state index is 12.7. The number of hydrogen-bond acceptors (Lipinski definition) is 5. The van der Waals surface area contributed by atoms with Gasteiger partial charge in [0.2, 0.25) is 0 Å². The minimum atomic E-state index is -0.184. The number of carbonyl (C=O) groups excluding carboxylic acids is 1. The van der Waals surface area contributed by atoms with Crippen LogP contribution in [0, 0.1) is 6.92 Å². The third-order valence-corrected chi connectivity index (χ3v) is 6.27. The number of carbonyl (C=O) groups is 1. The summed E-state index contributed by atoms with van der Waals surface area (Å²) in [5.41, 5.74) is 6.41. The van der Waals surface area contributed by atoms with E-state index in [1.54, 1.807) is 11.3 Å². The summed E-state index contributed by atoms with van der Waals surface area (Å²) in [6, 6.07) is 13.6. The molecule has 2 aromatic heterocycles. The molecule has 6 nitrogen and oxygen atoms in total. The molecule has 0 aliphatic heterocycles. The van der Waals surface area contributed by atoms with Gasteiger partial charge in [0.25, 0.3) is 5.91 Å². The molecule has 0 saturated carbocycles. The molecule has 0 fully saturated rings. The Labute approximate surface area is 202 Å². The molecule has 2 heterocycles. The lowest BCUT2D eigenvalue weighted by atomic mass is 10.1. The zero-order chi connectivity index (χ0) is 23.4. The van der Waals surface area contributed by atoms with Gasteiger partial charge in [0.1, 0.15) is 17.5 Å². The summed E-state index contributed by atoms with van der Waals surface area (Å²) in [5.74, 6) is 0.625. The molecule has 2 aromatic carbocycles. The van der Waals surface area contributed by atoms with Gasteiger partial charge < -0.3 is 15.0 Å². The average molecular weight is 483 g/mol. The molecular weight excluding hydrogens is 456 g/mol.